The summed E-state index contributed by atoms with van der Waals surface area (Å²) in [4.78, 5) is 34.1. The van der Waals surface area contributed by atoms with Crippen molar-refractivity contribution in [3.05, 3.63) is 76.1 Å². The Morgan fingerprint density at radius 2 is 1.95 bits per heavy atom. The van der Waals surface area contributed by atoms with Gasteiger partial charge in [-0.2, -0.15) is 0 Å². The summed E-state index contributed by atoms with van der Waals surface area (Å²) in [6, 6.07) is 13.9. The third-order valence-corrected chi connectivity index (χ3v) is 14.1. The number of nitrogens with zero attached hydrogens (tertiary/aromatic N) is 3. The van der Waals surface area contributed by atoms with E-state index in [0.717, 1.165) is 87.5 Å². The zero-order valence-corrected chi connectivity index (χ0v) is 34.8. The smallest absolute Gasteiger partial charge is 0.329 e. The molecule has 3 aromatic rings. The number of rotatable bonds is 12. The quantitative estimate of drug-likeness (QED) is 0.188. The number of ether oxygens (including phenoxy) is 3. The van der Waals surface area contributed by atoms with E-state index in [0.29, 0.717) is 55.3 Å². The number of carboxylic acids is 1. The highest BCUT2D eigenvalue weighted by molar-refractivity contribution is 6.30. The third kappa shape index (κ3) is 8.18. The van der Waals surface area contributed by atoms with Crippen molar-refractivity contribution in [1.29, 1.82) is 0 Å². The van der Waals surface area contributed by atoms with Gasteiger partial charge in [0.2, 0.25) is 5.91 Å². The van der Waals surface area contributed by atoms with Gasteiger partial charge in [-0.1, -0.05) is 31.5 Å². The van der Waals surface area contributed by atoms with Crippen molar-refractivity contribution >= 4 is 29.2 Å². The number of carbonyl (C=O) groups excluding carboxylic acids is 1. The van der Waals surface area contributed by atoms with Crippen LogP contribution in [0.5, 0.6) is 17.2 Å². The van der Waals surface area contributed by atoms with Gasteiger partial charge in [0.05, 0.1) is 13.2 Å². The second-order valence-electron chi connectivity index (χ2n) is 18.1. The number of aliphatic carboxylic acids is 1. The van der Waals surface area contributed by atoms with Gasteiger partial charge in [-0.3, -0.25) is 9.78 Å². The van der Waals surface area contributed by atoms with E-state index < -0.39 is 11.5 Å². The number of fused-ring (bicyclic) bond motifs is 4. The van der Waals surface area contributed by atoms with Gasteiger partial charge in [-0.25, -0.2) is 4.79 Å². The van der Waals surface area contributed by atoms with Crippen molar-refractivity contribution in [2.45, 2.75) is 107 Å². The summed E-state index contributed by atoms with van der Waals surface area (Å²) in [5.41, 5.74) is 4.41. The largest absolute Gasteiger partial charge is 0.493 e. The number of amides is 1. The maximum Gasteiger partial charge on any atom is 0.329 e. The molecule has 306 valence electrons. The molecule has 5 atom stereocenters. The number of anilines is 1. The fourth-order valence-electron chi connectivity index (χ4n) is 10.9. The maximum absolute atomic E-state index is 13.1. The van der Waals surface area contributed by atoms with Gasteiger partial charge >= 0.3 is 5.97 Å². The first-order chi connectivity index (χ1) is 27.4. The number of likely N-dealkylation sites (N-methyl/N-ethyl adjacent to an activating group) is 1. The number of hydrogen-bond donors (Lipinski definition) is 2. The number of likely N-dealkylation sites (tertiary alicyclic amines) is 1. The van der Waals surface area contributed by atoms with E-state index in [1.165, 1.54) is 28.8 Å². The summed E-state index contributed by atoms with van der Waals surface area (Å²) in [5.74, 6) is 3.28. The van der Waals surface area contributed by atoms with E-state index >= 15 is 0 Å². The van der Waals surface area contributed by atoms with Gasteiger partial charge < -0.3 is 34.4 Å². The summed E-state index contributed by atoms with van der Waals surface area (Å²) >= 11 is 6.33. The van der Waals surface area contributed by atoms with Crippen molar-refractivity contribution < 1.29 is 28.9 Å². The molecule has 57 heavy (non-hydrogen) atoms. The molecule has 2 aromatic carbocycles. The minimum atomic E-state index is -1.10. The Morgan fingerprint density at radius 3 is 2.70 bits per heavy atom. The van der Waals surface area contributed by atoms with Crippen LogP contribution < -0.4 is 19.5 Å². The first-order valence-corrected chi connectivity index (χ1v) is 21.6. The maximum atomic E-state index is 13.1. The number of benzene rings is 2. The monoisotopic (exact) mass is 798 g/mol. The molecule has 1 unspecified atom stereocenters. The molecular formula is C46H59ClN4O6. The molecule has 1 aromatic heterocycles. The van der Waals surface area contributed by atoms with E-state index in [9.17, 15) is 14.7 Å². The van der Waals surface area contributed by atoms with Gasteiger partial charge in [0, 0.05) is 67.7 Å². The lowest BCUT2D eigenvalue weighted by atomic mass is 9.59. The van der Waals surface area contributed by atoms with E-state index in [2.05, 4.69) is 48.2 Å². The fraction of sp³-hybridized carbons (Fsp3) is 0.587. The number of carboxylic acid groups (broad SMARTS) is 1. The van der Waals surface area contributed by atoms with Gasteiger partial charge in [0.1, 0.15) is 17.4 Å². The molecule has 0 bridgehead atoms. The third-order valence-electron chi connectivity index (χ3n) is 13.9. The second kappa shape index (κ2) is 16.3. The standard InChI is InChI=1S/C46H59ClN4O6/c1-29(28-56-39-11-17-48-38-10-5-7-30(2)43(38)39)19-33-21-32-22-40-41(57-36(12-18-55-40)27-50(3)25-31-20-42(52)51(4)26-31)24-37(32)45(33)13-15-46(16-14-45,44(53)54)49-35-9-6-8-34(47)23-35/h6,8-9,11,17,22-24,29-31,33,36,49H,5,7,10,12-16,18-21,25-28H2,1-4H3,(H,53,54)/t29-,30-,31?,33+,36-,45?,46?/m1/s1. The molecule has 10 nitrogen and oxygen atoms in total. The number of aromatic nitrogens is 1. The highest BCUT2D eigenvalue weighted by atomic mass is 35.5. The topological polar surface area (TPSA) is 113 Å². The summed E-state index contributed by atoms with van der Waals surface area (Å²) < 4.78 is 19.9. The predicted molar refractivity (Wildman–Crippen MR) is 222 cm³/mol. The van der Waals surface area contributed by atoms with Crippen molar-refractivity contribution in [2.75, 3.05) is 52.3 Å². The number of nitrogens with one attached hydrogen (secondary N) is 1. The Balaban J connectivity index is 1.04. The molecule has 2 aliphatic heterocycles. The number of halogens is 1. The van der Waals surface area contributed by atoms with Crippen molar-refractivity contribution in [3.8, 4) is 17.2 Å². The normalized spacial score (nSPS) is 28.5. The van der Waals surface area contributed by atoms with Crippen LogP contribution in [0.4, 0.5) is 5.69 Å². The first kappa shape index (κ1) is 39.8. The van der Waals surface area contributed by atoms with Gasteiger partial charge in [0.15, 0.2) is 11.5 Å². The lowest BCUT2D eigenvalue weighted by Crippen LogP contribution is -2.53. The van der Waals surface area contributed by atoms with Crippen molar-refractivity contribution in [2.24, 2.45) is 17.8 Å². The molecule has 1 spiro atoms. The van der Waals surface area contributed by atoms with Crippen LogP contribution in [0.3, 0.4) is 0 Å². The molecule has 5 aliphatic rings. The highest BCUT2D eigenvalue weighted by Gasteiger charge is 2.54. The Labute approximate surface area is 342 Å². The number of carbonyl (C=O) groups is 2. The van der Waals surface area contributed by atoms with E-state index in [1.54, 1.807) is 12.1 Å². The Bertz CT molecular complexity index is 1960. The zero-order chi connectivity index (χ0) is 39.9. The summed E-state index contributed by atoms with van der Waals surface area (Å²) in [6.45, 7) is 8.15. The van der Waals surface area contributed by atoms with Gasteiger partial charge in [0.25, 0.3) is 0 Å². The minimum Gasteiger partial charge on any atom is -0.493 e. The molecule has 8 rings (SSSR count). The minimum absolute atomic E-state index is 0.0518. The van der Waals surface area contributed by atoms with Gasteiger partial charge in [-0.15, -0.1) is 0 Å². The molecule has 2 fully saturated rings. The van der Waals surface area contributed by atoms with Crippen LogP contribution in [0.15, 0.2) is 48.7 Å². The second-order valence-corrected chi connectivity index (χ2v) is 18.5. The molecule has 1 amide bonds. The average Bonchev–Trinajstić information content (AvgIpc) is 3.54. The van der Waals surface area contributed by atoms with E-state index in [4.69, 9.17) is 25.8 Å². The average molecular weight is 799 g/mol. The van der Waals surface area contributed by atoms with Crippen LogP contribution in [0.1, 0.15) is 99.9 Å². The summed E-state index contributed by atoms with van der Waals surface area (Å²) in [6.07, 6.45) is 10.8. The summed E-state index contributed by atoms with van der Waals surface area (Å²) in [7, 11) is 4.00. The molecule has 3 heterocycles. The number of aryl methyl sites for hydroxylation is 1. The van der Waals surface area contributed by atoms with E-state index in [-0.39, 0.29) is 23.3 Å². The van der Waals surface area contributed by atoms with E-state index in [1.807, 2.05) is 36.3 Å². The van der Waals surface area contributed by atoms with Crippen LogP contribution in [0.25, 0.3) is 0 Å². The molecule has 3 aliphatic carbocycles. The van der Waals surface area contributed by atoms with Crippen LogP contribution in [0.2, 0.25) is 5.02 Å². The fourth-order valence-corrected chi connectivity index (χ4v) is 11.1. The molecule has 1 saturated heterocycles. The molecular weight excluding hydrogens is 740 g/mol. The predicted octanol–water partition coefficient (Wildman–Crippen LogP) is 8.14. The Hall–Kier alpha value is -4.02. The van der Waals surface area contributed by atoms with Crippen LogP contribution in [0, 0.1) is 17.8 Å². The van der Waals surface area contributed by atoms with Crippen LogP contribution in [-0.2, 0) is 27.8 Å². The van der Waals surface area contributed by atoms with Crippen molar-refractivity contribution in [1.82, 2.24) is 14.8 Å². The molecule has 1 saturated carbocycles. The van der Waals surface area contributed by atoms with Crippen molar-refractivity contribution in [3.63, 3.8) is 0 Å². The van der Waals surface area contributed by atoms with Gasteiger partial charge in [-0.05, 0) is 141 Å². The molecule has 11 heteroatoms. The highest BCUT2D eigenvalue weighted by Crippen LogP contribution is 2.58. The Morgan fingerprint density at radius 1 is 1.12 bits per heavy atom. The molecule has 0 radical (unpaired) electrons. The lowest BCUT2D eigenvalue weighted by Gasteiger charge is -2.47. The number of pyridine rings is 1. The van der Waals surface area contributed by atoms with Crippen LogP contribution in [-0.4, -0.2) is 90.4 Å². The lowest BCUT2D eigenvalue weighted by molar-refractivity contribution is -0.144. The Kier molecular flexibility index (Phi) is 11.4. The SMILES string of the molecule is C[C@@H](COc1ccnc2c1[C@H](C)CCC2)C[C@H]1Cc2cc3c(cc2C12CCC(Nc1cccc(Cl)c1)(C(=O)O)CC2)O[C@@H](CN(C)CC1CC(=O)N(C)C1)CCO3. The zero-order valence-electron chi connectivity index (χ0n) is 34.0. The van der Waals surface area contributed by atoms with Crippen LogP contribution >= 0.6 is 11.6 Å². The molecule has 2 N–H and O–H groups in total. The number of hydrogen-bond acceptors (Lipinski definition) is 8. The first-order valence-electron chi connectivity index (χ1n) is 21.2. The summed E-state index contributed by atoms with van der Waals surface area (Å²) in [5, 5.41) is 14.8.